The smallest absolute Gasteiger partial charge is 0.292 e. The molecule has 0 unspecified atom stereocenters. The number of pyridine rings is 1. The van der Waals surface area contributed by atoms with Gasteiger partial charge in [-0.05, 0) is 75.0 Å². The summed E-state index contributed by atoms with van der Waals surface area (Å²) >= 11 is 6.05. The number of aryl methyl sites for hydroxylation is 1. The average Bonchev–Trinajstić information content (AvgIpc) is 3.47. The number of hydrogen-bond donors (Lipinski definition) is 0. The monoisotopic (exact) mass is 608 g/mol. The Kier molecular flexibility index (Phi) is 7.10. The lowest BCUT2D eigenvalue weighted by molar-refractivity contribution is -0.0722. The molecule has 4 aromatic rings. The molecule has 0 amide bonds. The van der Waals surface area contributed by atoms with Crippen LogP contribution in [0.3, 0.4) is 0 Å². The Bertz CT molecular complexity index is 1660. The molecule has 7 rings (SSSR count). The Morgan fingerprint density at radius 3 is 2.53 bits per heavy atom. The molecule has 5 heterocycles. The van der Waals surface area contributed by atoms with Crippen LogP contribution in [0, 0.1) is 6.92 Å². The molecule has 0 spiro atoms. The van der Waals surface area contributed by atoms with Crippen molar-refractivity contribution in [3.8, 4) is 11.5 Å². The van der Waals surface area contributed by atoms with Crippen LogP contribution in [0.5, 0.6) is 11.5 Å². The summed E-state index contributed by atoms with van der Waals surface area (Å²) in [5.41, 5.74) is 3.50. The summed E-state index contributed by atoms with van der Waals surface area (Å²) in [7, 11) is 0. The van der Waals surface area contributed by atoms with Crippen molar-refractivity contribution >= 4 is 22.6 Å². The Hall–Kier alpha value is -3.27. The molecule has 226 valence electrons. The molecule has 0 saturated carbocycles. The number of ether oxygens (including phenoxy) is 3. The van der Waals surface area contributed by atoms with E-state index in [4.69, 9.17) is 30.8 Å². The number of fused-ring (bicyclic) bond motifs is 2. The third kappa shape index (κ3) is 5.25. The van der Waals surface area contributed by atoms with Crippen LogP contribution in [0.2, 0.25) is 5.02 Å². The second-order valence-electron chi connectivity index (χ2n) is 12.2. The highest BCUT2D eigenvalue weighted by Gasteiger charge is 2.42. The van der Waals surface area contributed by atoms with E-state index in [1.54, 1.807) is 25.3 Å². The Balaban J connectivity index is 1.10. The normalized spacial score (nSPS) is 22.7. The molecule has 2 atom stereocenters. The van der Waals surface area contributed by atoms with E-state index in [0.717, 1.165) is 68.5 Å². The van der Waals surface area contributed by atoms with Crippen LogP contribution in [-0.2, 0) is 29.5 Å². The molecule has 7 nitrogen and oxygen atoms in total. The number of para-hydroxylation sites is 1. The van der Waals surface area contributed by atoms with Gasteiger partial charge >= 0.3 is 0 Å². The van der Waals surface area contributed by atoms with Gasteiger partial charge in [-0.15, -0.1) is 0 Å². The van der Waals surface area contributed by atoms with E-state index in [1.807, 2.05) is 31.2 Å². The fraction of sp³-hybridized carbons (Fsp3) is 0.455. The Labute approximate surface area is 254 Å². The molecular formula is C33H35ClF2N4O3. The van der Waals surface area contributed by atoms with Crippen molar-refractivity contribution in [2.45, 2.75) is 76.9 Å². The molecular weight excluding hydrogens is 574 g/mol. The first-order valence-electron chi connectivity index (χ1n) is 14.9. The largest absolute Gasteiger partial charge is 0.443 e. The van der Waals surface area contributed by atoms with E-state index < -0.39 is 11.7 Å². The van der Waals surface area contributed by atoms with Crippen molar-refractivity contribution in [3.05, 3.63) is 81.9 Å². The van der Waals surface area contributed by atoms with Gasteiger partial charge in [-0.2, -0.15) is 0 Å². The summed E-state index contributed by atoms with van der Waals surface area (Å²) in [4.78, 5) is 11.7. The number of nitrogens with zero attached hydrogens (tertiary/aromatic N) is 4. The molecule has 2 aromatic heterocycles. The highest BCUT2D eigenvalue weighted by atomic mass is 35.5. The summed E-state index contributed by atoms with van der Waals surface area (Å²) in [5, 5.41) is 0.557. The van der Waals surface area contributed by atoms with Crippen LogP contribution < -0.4 is 9.47 Å². The zero-order valence-electron chi connectivity index (χ0n) is 24.6. The van der Waals surface area contributed by atoms with Gasteiger partial charge in [-0.25, -0.2) is 13.8 Å². The summed E-state index contributed by atoms with van der Waals surface area (Å²) in [6.07, 6.45) is 4.51. The van der Waals surface area contributed by atoms with Gasteiger partial charge < -0.3 is 18.8 Å². The lowest BCUT2D eigenvalue weighted by atomic mass is 9.88. The highest BCUT2D eigenvalue weighted by Crippen LogP contribution is 2.49. The predicted molar refractivity (Wildman–Crippen MR) is 160 cm³/mol. The minimum atomic E-state index is -2.98. The van der Waals surface area contributed by atoms with Crippen LogP contribution in [-0.4, -0.2) is 45.2 Å². The van der Waals surface area contributed by atoms with Gasteiger partial charge in [0.05, 0.1) is 40.8 Å². The molecule has 2 aromatic carbocycles. The van der Waals surface area contributed by atoms with Gasteiger partial charge in [0.2, 0.25) is 0 Å². The molecule has 0 radical (unpaired) electrons. The van der Waals surface area contributed by atoms with Crippen molar-refractivity contribution in [3.63, 3.8) is 0 Å². The Morgan fingerprint density at radius 2 is 1.86 bits per heavy atom. The van der Waals surface area contributed by atoms with E-state index in [0.29, 0.717) is 46.6 Å². The number of likely N-dealkylation sites (tertiary alicyclic amines) is 1. The zero-order chi connectivity index (χ0) is 29.9. The van der Waals surface area contributed by atoms with Crippen LogP contribution in [0.4, 0.5) is 8.78 Å². The van der Waals surface area contributed by atoms with E-state index in [2.05, 4.69) is 20.5 Å². The number of piperidine rings is 1. The van der Waals surface area contributed by atoms with Crippen LogP contribution in [0.15, 0.2) is 48.7 Å². The molecule has 43 heavy (non-hydrogen) atoms. The summed E-state index contributed by atoms with van der Waals surface area (Å²) in [6, 6.07) is 13.4. The zero-order valence-corrected chi connectivity index (χ0v) is 25.3. The van der Waals surface area contributed by atoms with Gasteiger partial charge in [0.15, 0.2) is 11.5 Å². The van der Waals surface area contributed by atoms with Gasteiger partial charge in [-0.3, -0.25) is 9.88 Å². The third-order valence-electron chi connectivity index (χ3n) is 9.02. The molecule has 0 aliphatic carbocycles. The number of aromatic nitrogens is 3. The van der Waals surface area contributed by atoms with E-state index in [1.165, 1.54) is 0 Å². The van der Waals surface area contributed by atoms with Crippen molar-refractivity contribution in [2.75, 3.05) is 19.7 Å². The van der Waals surface area contributed by atoms with Gasteiger partial charge in [0.25, 0.3) is 11.7 Å². The standard InChI is InChI=1S/C33H35ClF2N4O3/c1-20-7-9-25-30(29(20)32(2,35)36)38-28(40(25)18-23-13-16-41-23)19-39-14-11-21(12-15-39)24-5-4-6-26-31(24)43-33(3,42-26)27-10-8-22(34)17-37-27/h4-10,17,21,23H,11-16,18-19H2,1-3H3/t23-,33-/m0/s1. The third-order valence-corrected chi connectivity index (χ3v) is 9.25. The van der Waals surface area contributed by atoms with Gasteiger partial charge in [0.1, 0.15) is 11.5 Å². The summed E-state index contributed by atoms with van der Waals surface area (Å²) in [6.45, 7) is 8.21. The van der Waals surface area contributed by atoms with Crippen molar-refractivity contribution in [2.24, 2.45) is 0 Å². The molecule has 2 fully saturated rings. The van der Waals surface area contributed by atoms with E-state index >= 15 is 0 Å². The molecule has 0 bridgehead atoms. The lowest BCUT2D eigenvalue weighted by Crippen LogP contribution is -2.35. The number of rotatable bonds is 7. The number of imidazole rings is 1. The first-order valence-corrected chi connectivity index (χ1v) is 15.3. The lowest BCUT2D eigenvalue weighted by Gasteiger charge is -2.33. The topological polar surface area (TPSA) is 61.6 Å². The van der Waals surface area contributed by atoms with Gasteiger partial charge in [0, 0.05) is 32.2 Å². The first kappa shape index (κ1) is 28.5. The van der Waals surface area contributed by atoms with Crippen LogP contribution in [0.1, 0.15) is 67.2 Å². The maximum absolute atomic E-state index is 14.7. The highest BCUT2D eigenvalue weighted by molar-refractivity contribution is 6.30. The van der Waals surface area contributed by atoms with Crippen LogP contribution >= 0.6 is 11.6 Å². The molecule has 2 saturated heterocycles. The fourth-order valence-corrected chi connectivity index (χ4v) is 6.78. The fourth-order valence-electron chi connectivity index (χ4n) is 6.67. The Morgan fingerprint density at radius 1 is 1.07 bits per heavy atom. The second-order valence-corrected chi connectivity index (χ2v) is 12.6. The summed E-state index contributed by atoms with van der Waals surface area (Å²) in [5.74, 6) is -1.42. The number of benzene rings is 2. The average molecular weight is 609 g/mol. The van der Waals surface area contributed by atoms with Crippen molar-refractivity contribution < 1.29 is 23.0 Å². The van der Waals surface area contributed by atoms with Crippen molar-refractivity contribution in [1.82, 2.24) is 19.4 Å². The van der Waals surface area contributed by atoms with E-state index in [-0.39, 0.29) is 11.7 Å². The SMILES string of the molecule is Cc1ccc2c(nc(CN3CCC(c4cccc5c4O[C@@](C)(c4ccc(Cl)cn4)O5)CC3)n2C[C@@H]2CCO2)c1C(C)(F)F. The minimum absolute atomic E-state index is 0.0131. The summed E-state index contributed by atoms with van der Waals surface area (Å²) < 4.78 is 50.0. The first-order chi connectivity index (χ1) is 20.6. The van der Waals surface area contributed by atoms with E-state index in [9.17, 15) is 8.78 Å². The van der Waals surface area contributed by atoms with Crippen molar-refractivity contribution in [1.29, 1.82) is 0 Å². The number of hydrogen-bond acceptors (Lipinski definition) is 6. The number of alkyl halides is 2. The molecule has 10 heteroatoms. The molecule has 3 aliphatic heterocycles. The molecule has 0 N–H and O–H groups in total. The maximum atomic E-state index is 14.7. The second kappa shape index (κ2) is 10.7. The quantitative estimate of drug-likeness (QED) is 0.219. The predicted octanol–water partition coefficient (Wildman–Crippen LogP) is 7.32. The van der Waals surface area contributed by atoms with Gasteiger partial charge in [-0.1, -0.05) is 29.8 Å². The molecule has 3 aliphatic rings. The minimum Gasteiger partial charge on any atom is -0.443 e. The number of halogens is 3. The van der Waals surface area contributed by atoms with Crippen LogP contribution in [0.25, 0.3) is 11.0 Å². The maximum Gasteiger partial charge on any atom is 0.292 e.